The summed E-state index contributed by atoms with van der Waals surface area (Å²) in [7, 11) is 1.70. The monoisotopic (exact) mass is 473 g/mol. The van der Waals surface area contributed by atoms with Gasteiger partial charge in [-0.3, -0.25) is 9.48 Å². The number of aryl methyl sites for hydroxylation is 2. The van der Waals surface area contributed by atoms with Crippen molar-refractivity contribution < 1.29 is 18.0 Å². The molecule has 0 aliphatic rings. The first kappa shape index (κ1) is 22.6. The highest BCUT2D eigenvalue weighted by Crippen LogP contribution is 2.30. The second kappa shape index (κ2) is 8.74. The lowest BCUT2D eigenvalue weighted by Crippen LogP contribution is -2.27. The number of benzene rings is 2. The van der Waals surface area contributed by atoms with Gasteiger partial charge in [-0.2, -0.15) is 18.3 Å². The Bertz CT molecular complexity index is 1340. The predicted octanol–water partition coefficient (Wildman–Crippen LogP) is 5.20. The maximum atomic E-state index is 13.0. The van der Waals surface area contributed by atoms with Crippen molar-refractivity contribution in [2.45, 2.75) is 19.1 Å². The quantitative estimate of drug-likeness (QED) is 0.391. The Balaban J connectivity index is 1.66. The molecule has 0 aliphatic heterocycles. The van der Waals surface area contributed by atoms with Crippen molar-refractivity contribution in [2.75, 3.05) is 0 Å². The standard InChI is InChI=1S/C23H19ClF3N5O/c1-13-16(21(24)32(2)31-13)9-11-19(33)30-20(14-6-4-3-5-7-14)15-8-10-17-18(12-15)29-22(28-17)23(25,26)27/h3-12,20H,1-2H3,(H,28,29)(H,30,33)/b11-9+. The molecule has 2 heterocycles. The van der Waals surface area contributed by atoms with E-state index in [9.17, 15) is 18.0 Å². The molecule has 4 aromatic rings. The number of hydrogen-bond donors (Lipinski definition) is 2. The molecule has 2 aromatic heterocycles. The third-order valence-electron chi connectivity index (χ3n) is 5.12. The normalized spacial score (nSPS) is 13.0. The van der Waals surface area contributed by atoms with E-state index in [0.29, 0.717) is 22.0 Å². The van der Waals surface area contributed by atoms with Crippen LogP contribution in [0.15, 0.2) is 54.6 Å². The van der Waals surface area contributed by atoms with Crippen molar-refractivity contribution in [2.24, 2.45) is 7.05 Å². The number of nitrogens with zero attached hydrogens (tertiary/aromatic N) is 3. The molecule has 1 amide bonds. The van der Waals surface area contributed by atoms with Crippen LogP contribution in [0, 0.1) is 6.92 Å². The zero-order chi connectivity index (χ0) is 23.8. The van der Waals surface area contributed by atoms with Crippen LogP contribution in [-0.2, 0) is 18.0 Å². The molecule has 6 nitrogen and oxygen atoms in total. The van der Waals surface area contributed by atoms with Crippen LogP contribution in [0.2, 0.25) is 5.15 Å². The van der Waals surface area contributed by atoms with Crippen molar-refractivity contribution in [3.63, 3.8) is 0 Å². The average Bonchev–Trinajstić information content (AvgIpc) is 3.31. The van der Waals surface area contributed by atoms with Crippen LogP contribution in [0.3, 0.4) is 0 Å². The summed E-state index contributed by atoms with van der Waals surface area (Å²) in [6.07, 6.45) is -1.65. The minimum Gasteiger partial charge on any atom is -0.342 e. The lowest BCUT2D eigenvalue weighted by atomic mass is 9.98. The maximum absolute atomic E-state index is 13.0. The van der Waals surface area contributed by atoms with Crippen LogP contribution in [-0.4, -0.2) is 25.7 Å². The molecule has 0 saturated carbocycles. The molecule has 0 saturated heterocycles. The summed E-state index contributed by atoms with van der Waals surface area (Å²) in [4.78, 5) is 18.7. The molecule has 0 spiro atoms. The largest absolute Gasteiger partial charge is 0.449 e. The van der Waals surface area contributed by atoms with Crippen LogP contribution in [0.4, 0.5) is 13.2 Å². The fraction of sp³-hybridized carbons (Fsp3) is 0.174. The molecule has 2 N–H and O–H groups in total. The highest BCUT2D eigenvalue weighted by Gasteiger charge is 2.34. The fourth-order valence-corrected chi connectivity index (χ4v) is 3.77. The summed E-state index contributed by atoms with van der Waals surface area (Å²) >= 11 is 6.21. The molecule has 0 bridgehead atoms. The summed E-state index contributed by atoms with van der Waals surface area (Å²) < 4.78 is 40.6. The smallest absolute Gasteiger partial charge is 0.342 e. The number of H-pyrrole nitrogens is 1. The van der Waals surface area contributed by atoms with E-state index < -0.39 is 23.9 Å². The van der Waals surface area contributed by atoms with E-state index in [1.54, 1.807) is 32.2 Å². The summed E-state index contributed by atoms with van der Waals surface area (Å²) in [6, 6.07) is 13.2. The highest BCUT2D eigenvalue weighted by molar-refractivity contribution is 6.31. The summed E-state index contributed by atoms with van der Waals surface area (Å²) in [5.74, 6) is -1.47. The second-order valence-electron chi connectivity index (χ2n) is 7.46. The van der Waals surface area contributed by atoms with Crippen molar-refractivity contribution in [3.05, 3.63) is 88.0 Å². The van der Waals surface area contributed by atoms with Gasteiger partial charge in [-0.15, -0.1) is 0 Å². The van der Waals surface area contributed by atoms with Gasteiger partial charge in [0.2, 0.25) is 11.7 Å². The molecule has 0 fully saturated rings. The Kier molecular flexibility index (Phi) is 5.99. The Morgan fingerprint density at radius 3 is 2.55 bits per heavy atom. The summed E-state index contributed by atoms with van der Waals surface area (Å²) in [5.41, 5.74) is 3.09. The van der Waals surface area contributed by atoms with Gasteiger partial charge in [-0.1, -0.05) is 48.0 Å². The lowest BCUT2D eigenvalue weighted by molar-refractivity contribution is -0.144. The van der Waals surface area contributed by atoms with Crippen LogP contribution >= 0.6 is 11.6 Å². The topological polar surface area (TPSA) is 75.6 Å². The Hall–Kier alpha value is -3.59. The average molecular weight is 474 g/mol. The number of aromatic nitrogens is 4. The van der Waals surface area contributed by atoms with Gasteiger partial charge < -0.3 is 10.3 Å². The molecule has 1 atom stereocenters. The second-order valence-corrected chi connectivity index (χ2v) is 7.82. The van der Waals surface area contributed by atoms with E-state index in [-0.39, 0.29) is 11.0 Å². The maximum Gasteiger partial charge on any atom is 0.449 e. The predicted molar refractivity (Wildman–Crippen MR) is 120 cm³/mol. The molecule has 0 radical (unpaired) electrons. The number of amides is 1. The van der Waals surface area contributed by atoms with Crippen molar-refractivity contribution in [1.29, 1.82) is 0 Å². The molecule has 33 heavy (non-hydrogen) atoms. The zero-order valence-corrected chi connectivity index (χ0v) is 18.4. The molecule has 170 valence electrons. The van der Waals surface area contributed by atoms with E-state index in [4.69, 9.17) is 11.6 Å². The number of rotatable bonds is 5. The zero-order valence-electron chi connectivity index (χ0n) is 17.6. The number of alkyl halides is 3. The number of aromatic amines is 1. The first-order valence-electron chi connectivity index (χ1n) is 9.93. The first-order chi connectivity index (χ1) is 15.6. The molecule has 1 unspecified atom stereocenters. The van der Waals surface area contributed by atoms with Gasteiger partial charge in [0.15, 0.2) is 0 Å². The molecular weight excluding hydrogens is 455 g/mol. The van der Waals surface area contributed by atoms with Gasteiger partial charge in [0.1, 0.15) is 5.15 Å². The van der Waals surface area contributed by atoms with Crippen molar-refractivity contribution in [3.8, 4) is 0 Å². The van der Waals surface area contributed by atoms with E-state index in [2.05, 4.69) is 20.4 Å². The summed E-state index contributed by atoms with van der Waals surface area (Å²) in [6.45, 7) is 1.78. The van der Waals surface area contributed by atoms with E-state index in [1.165, 1.54) is 16.8 Å². The third-order valence-corrected chi connectivity index (χ3v) is 5.57. The van der Waals surface area contributed by atoms with Crippen LogP contribution in [0.1, 0.15) is 34.3 Å². The molecule has 0 aliphatic carbocycles. The SMILES string of the molecule is Cc1nn(C)c(Cl)c1/C=C/C(=O)NC(c1ccccc1)c1ccc2nc(C(F)(F)F)[nH]c2c1. The lowest BCUT2D eigenvalue weighted by Gasteiger charge is -2.19. The van der Waals surface area contributed by atoms with Gasteiger partial charge in [0, 0.05) is 18.7 Å². The minimum atomic E-state index is -4.58. The van der Waals surface area contributed by atoms with Gasteiger partial charge in [-0.05, 0) is 36.3 Å². The van der Waals surface area contributed by atoms with Gasteiger partial charge >= 0.3 is 6.18 Å². The molecular formula is C23H19ClF3N5O. The number of carbonyl (C=O) groups is 1. The van der Waals surface area contributed by atoms with Crippen LogP contribution in [0.25, 0.3) is 17.1 Å². The van der Waals surface area contributed by atoms with Crippen molar-refractivity contribution >= 4 is 34.6 Å². The van der Waals surface area contributed by atoms with Crippen molar-refractivity contribution in [1.82, 2.24) is 25.1 Å². The molecule has 4 rings (SSSR count). The summed E-state index contributed by atoms with van der Waals surface area (Å²) in [5, 5.41) is 7.52. The number of halogens is 4. The van der Waals surface area contributed by atoms with Gasteiger partial charge in [0.25, 0.3) is 0 Å². The number of hydrogen-bond acceptors (Lipinski definition) is 3. The minimum absolute atomic E-state index is 0.186. The van der Waals surface area contributed by atoms with E-state index in [0.717, 1.165) is 5.56 Å². The molecule has 2 aromatic carbocycles. The number of imidazole rings is 1. The van der Waals surface area contributed by atoms with Gasteiger partial charge in [-0.25, -0.2) is 4.98 Å². The highest BCUT2D eigenvalue weighted by atomic mass is 35.5. The number of nitrogens with one attached hydrogen (secondary N) is 2. The van der Waals surface area contributed by atoms with Crippen LogP contribution < -0.4 is 5.32 Å². The third kappa shape index (κ3) is 4.78. The fourth-order valence-electron chi connectivity index (χ4n) is 3.53. The number of fused-ring (bicyclic) bond motifs is 1. The van der Waals surface area contributed by atoms with Crippen LogP contribution in [0.5, 0.6) is 0 Å². The molecule has 10 heteroatoms. The Morgan fingerprint density at radius 2 is 1.91 bits per heavy atom. The Labute approximate surface area is 192 Å². The van der Waals surface area contributed by atoms with E-state index >= 15 is 0 Å². The Morgan fingerprint density at radius 1 is 1.18 bits per heavy atom. The first-order valence-corrected chi connectivity index (χ1v) is 10.3. The number of carbonyl (C=O) groups excluding carboxylic acids is 1. The van der Waals surface area contributed by atoms with Gasteiger partial charge in [0.05, 0.1) is 22.8 Å². The van der Waals surface area contributed by atoms with E-state index in [1.807, 2.05) is 30.3 Å².